The summed E-state index contributed by atoms with van der Waals surface area (Å²) in [4.78, 5) is 36.8. The third-order valence-corrected chi connectivity index (χ3v) is 3.94. The summed E-state index contributed by atoms with van der Waals surface area (Å²) in [6, 6.07) is 21.9. The summed E-state index contributed by atoms with van der Waals surface area (Å²) in [5.41, 5.74) is 1.87. The van der Waals surface area contributed by atoms with Crippen molar-refractivity contribution in [2.45, 2.75) is 0 Å². The van der Waals surface area contributed by atoms with Gasteiger partial charge in [0.25, 0.3) is 11.8 Å². The summed E-state index contributed by atoms with van der Waals surface area (Å²) in [6.45, 7) is 0. The number of esters is 1. The molecule has 0 aliphatic rings. The van der Waals surface area contributed by atoms with Crippen molar-refractivity contribution in [1.82, 2.24) is 0 Å². The number of hydrogen-bond donors (Lipinski definition) is 2. The normalized spacial score (nSPS) is 10.0. The molecule has 0 aliphatic heterocycles. The molecule has 2 amide bonds. The Kier molecular flexibility index (Phi) is 5.81. The van der Waals surface area contributed by atoms with Gasteiger partial charge in [-0.1, -0.05) is 36.4 Å². The Hall–Kier alpha value is -3.93. The van der Waals surface area contributed by atoms with Crippen molar-refractivity contribution >= 4 is 29.2 Å². The standard InChI is InChI=1S/C22H18N2O4/c1-28-22(27)17-12-18(23-20(25)15-8-4-2-5-9-15)14-19(13-17)24-21(26)16-10-6-3-7-11-16/h2-14H,1H3,(H,23,25)(H,24,26). The van der Waals surface area contributed by atoms with Gasteiger partial charge in [-0.2, -0.15) is 0 Å². The van der Waals surface area contributed by atoms with Gasteiger partial charge in [0.05, 0.1) is 12.7 Å². The Labute approximate surface area is 162 Å². The van der Waals surface area contributed by atoms with Crippen LogP contribution in [0.4, 0.5) is 11.4 Å². The second kappa shape index (κ2) is 8.64. The Balaban J connectivity index is 1.87. The number of rotatable bonds is 5. The van der Waals surface area contributed by atoms with Crippen LogP contribution in [0.5, 0.6) is 0 Å². The molecule has 3 aromatic rings. The second-order valence-electron chi connectivity index (χ2n) is 5.93. The van der Waals surface area contributed by atoms with E-state index in [9.17, 15) is 14.4 Å². The zero-order valence-corrected chi connectivity index (χ0v) is 15.1. The summed E-state index contributed by atoms with van der Waals surface area (Å²) in [5.74, 6) is -1.24. The zero-order valence-electron chi connectivity index (χ0n) is 15.1. The average Bonchev–Trinajstić information content (AvgIpc) is 2.74. The van der Waals surface area contributed by atoms with Gasteiger partial charge in [-0.05, 0) is 42.5 Å². The minimum atomic E-state index is -0.578. The number of ether oxygens (including phenoxy) is 1. The number of benzene rings is 3. The molecule has 28 heavy (non-hydrogen) atoms. The van der Waals surface area contributed by atoms with E-state index in [0.717, 1.165) is 0 Å². The van der Waals surface area contributed by atoms with Crippen molar-refractivity contribution in [3.05, 3.63) is 95.6 Å². The largest absolute Gasteiger partial charge is 0.465 e. The first-order valence-corrected chi connectivity index (χ1v) is 8.53. The van der Waals surface area contributed by atoms with Gasteiger partial charge in [0, 0.05) is 22.5 Å². The molecule has 0 fully saturated rings. The molecule has 0 unspecified atom stereocenters. The van der Waals surface area contributed by atoms with Crippen LogP contribution in [0.1, 0.15) is 31.1 Å². The van der Waals surface area contributed by atoms with Crippen molar-refractivity contribution < 1.29 is 19.1 Å². The predicted molar refractivity (Wildman–Crippen MR) is 107 cm³/mol. The van der Waals surface area contributed by atoms with Crippen molar-refractivity contribution in [3.63, 3.8) is 0 Å². The van der Waals surface area contributed by atoms with Crippen LogP contribution in [-0.4, -0.2) is 24.9 Å². The number of nitrogens with one attached hydrogen (secondary N) is 2. The number of methoxy groups -OCH3 is 1. The molecule has 6 nitrogen and oxygen atoms in total. The maximum atomic E-state index is 12.4. The molecule has 0 saturated heterocycles. The van der Waals surface area contributed by atoms with Crippen molar-refractivity contribution in [2.75, 3.05) is 17.7 Å². The highest BCUT2D eigenvalue weighted by molar-refractivity contribution is 6.07. The molecule has 0 spiro atoms. The average molecular weight is 374 g/mol. The fourth-order valence-corrected chi connectivity index (χ4v) is 2.59. The lowest BCUT2D eigenvalue weighted by atomic mass is 10.1. The van der Waals surface area contributed by atoms with Gasteiger partial charge in [-0.25, -0.2) is 4.79 Å². The minimum absolute atomic E-state index is 0.205. The Bertz CT molecular complexity index is 930. The number of hydrogen-bond acceptors (Lipinski definition) is 4. The fraction of sp³-hybridized carbons (Fsp3) is 0.0455. The maximum Gasteiger partial charge on any atom is 0.337 e. The highest BCUT2D eigenvalue weighted by atomic mass is 16.5. The van der Waals surface area contributed by atoms with E-state index in [1.54, 1.807) is 54.6 Å². The number of anilines is 2. The van der Waals surface area contributed by atoms with Gasteiger partial charge in [-0.15, -0.1) is 0 Å². The molecule has 3 rings (SSSR count). The first-order chi connectivity index (χ1) is 13.6. The van der Waals surface area contributed by atoms with E-state index < -0.39 is 5.97 Å². The van der Waals surface area contributed by atoms with E-state index in [2.05, 4.69) is 10.6 Å². The molecule has 6 heteroatoms. The first kappa shape index (κ1) is 18.8. The maximum absolute atomic E-state index is 12.4. The lowest BCUT2D eigenvalue weighted by Gasteiger charge is -2.11. The van der Waals surface area contributed by atoms with Crippen molar-refractivity contribution in [1.29, 1.82) is 0 Å². The number of amides is 2. The quantitative estimate of drug-likeness (QED) is 0.662. The molecule has 3 aromatic carbocycles. The van der Waals surface area contributed by atoms with Gasteiger partial charge < -0.3 is 15.4 Å². The van der Waals surface area contributed by atoms with Crippen LogP contribution in [0, 0.1) is 0 Å². The third-order valence-electron chi connectivity index (χ3n) is 3.94. The van der Waals surface area contributed by atoms with Crippen LogP contribution in [0.25, 0.3) is 0 Å². The van der Waals surface area contributed by atoms with Crippen molar-refractivity contribution in [3.8, 4) is 0 Å². The minimum Gasteiger partial charge on any atom is -0.465 e. The van der Waals surface area contributed by atoms with Crippen LogP contribution < -0.4 is 10.6 Å². The first-order valence-electron chi connectivity index (χ1n) is 8.53. The molecule has 0 saturated carbocycles. The third kappa shape index (κ3) is 4.62. The number of carbonyl (C=O) groups excluding carboxylic acids is 3. The Morgan fingerprint density at radius 1 is 0.643 bits per heavy atom. The zero-order chi connectivity index (χ0) is 19.9. The van der Waals surface area contributed by atoms with E-state index in [1.807, 2.05) is 12.1 Å². The summed E-state index contributed by atoms with van der Waals surface area (Å²) in [6.07, 6.45) is 0. The van der Waals surface area contributed by atoms with Crippen molar-refractivity contribution in [2.24, 2.45) is 0 Å². The molecule has 2 N–H and O–H groups in total. The summed E-state index contributed by atoms with van der Waals surface area (Å²) in [7, 11) is 1.26. The van der Waals surface area contributed by atoms with Gasteiger partial charge in [0.2, 0.25) is 0 Å². The predicted octanol–water partition coefficient (Wildman–Crippen LogP) is 3.98. The van der Waals surface area contributed by atoms with Gasteiger partial charge in [0.15, 0.2) is 0 Å². The van der Waals surface area contributed by atoms with Crippen LogP contribution in [0.3, 0.4) is 0 Å². The van der Waals surface area contributed by atoms with Crippen LogP contribution in [0.15, 0.2) is 78.9 Å². The molecule has 0 bridgehead atoms. The van der Waals surface area contributed by atoms with Gasteiger partial charge in [-0.3, -0.25) is 9.59 Å². The van der Waals surface area contributed by atoms with E-state index in [1.165, 1.54) is 19.2 Å². The van der Waals surface area contributed by atoms with Crippen LogP contribution >= 0.6 is 0 Å². The lowest BCUT2D eigenvalue weighted by Crippen LogP contribution is -2.15. The molecule has 0 aliphatic carbocycles. The molecular weight excluding hydrogens is 356 g/mol. The highest BCUT2D eigenvalue weighted by Crippen LogP contribution is 2.21. The van der Waals surface area contributed by atoms with Crippen LogP contribution in [0.2, 0.25) is 0 Å². The molecule has 140 valence electrons. The van der Waals surface area contributed by atoms with Crippen LogP contribution in [-0.2, 0) is 4.74 Å². The van der Waals surface area contributed by atoms with Gasteiger partial charge in [0.1, 0.15) is 0 Å². The lowest BCUT2D eigenvalue weighted by molar-refractivity contribution is 0.0600. The van der Waals surface area contributed by atoms with E-state index >= 15 is 0 Å². The molecule has 0 aromatic heterocycles. The second-order valence-corrected chi connectivity index (χ2v) is 5.93. The monoisotopic (exact) mass is 374 g/mol. The molecule has 0 heterocycles. The topological polar surface area (TPSA) is 84.5 Å². The molecule has 0 radical (unpaired) electrons. The number of carbonyl (C=O) groups is 3. The smallest absolute Gasteiger partial charge is 0.337 e. The Morgan fingerprint density at radius 3 is 1.46 bits per heavy atom. The SMILES string of the molecule is COC(=O)c1cc(NC(=O)c2ccccc2)cc(NC(=O)c2ccccc2)c1. The summed E-state index contributed by atoms with van der Waals surface area (Å²) >= 11 is 0. The molecular formula is C22H18N2O4. The fourth-order valence-electron chi connectivity index (χ4n) is 2.59. The van der Waals surface area contributed by atoms with E-state index in [0.29, 0.717) is 22.5 Å². The summed E-state index contributed by atoms with van der Waals surface area (Å²) < 4.78 is 4.76. The van der Waals surface area contributed by atoms with E-state index in [4.69, 9.17) is 4.74 Å². The highest BCUT2D eigenvalue weighted by Gasteiger charge is 2.13. The molecule has 0 atom stereocenters. The Morgan fingerprint density at radius 2 is 1.07 bits per heavy atom. The van der Waals surface area contributed by atoms with E-state index in [-0.39, 0.29) is 17.4 Å². The van der Waals surface area contributed by atoms with Gasteiger partial charge >= 0.3 is 5.97 Å². The summed E-state index contributed by atoms with van der Waals surface area (Å²) in [5, 5.41) is 5.47.